The number of anilines is 1. The van der Waals surface area contributed by atoms with Gasteiger partial charge < -0.3 is 9.52 Å². The van der Waals surface area contributed by atoms with Crippen LogP contribution in [0, 0.1) is 6.92 Å². The number of carboxylic acid groups (broad SMARTS) is 1. The summed E-state index contributed by atoms with van der Waals surface area (Å²) in [6.45, 7) is 3.69. The Bertz CT molecular complexity index is 1410. The molecule has 0 radical (unpaired) electrons. The highest BCUT2D eigenvalue weighted by Crippen LogP contribution is 2.26. The Morgan fingerprint density at radius 3 is 2.06 bits per heavy atom. The second kappa shape index (κ2) is 8.87. The molecule has 0 unspecified atom stereocenters. The van der Waals surface area contributed by atoms with Gasteiger partial charge in [0.1, 0.15) is 0 Å². The van der Waals surface area contributed by atoms with Crippen LogP contribution in [0.3, 0.4) is 0 Å². The second-order valence-electron chi connectivity index (χ2n) is 7.43. The first-order chi connectivity index (χ1) is 15.8. The van der Waals surface area contributed by atoms with E-state index in [4.69, 9.17) is 4.42 Å². The molecule has 0 fully saturated rings. The van der Waals surface area contributed by atoms with Gasteiger partial charge in [-0.1, -0.05) is 25.1 Å². The predicted molar refractivity (Wildman–Crippen MR) is 123 cm³/mol. The van der Waals surface area contributed by atoms with Crippen molar-refractivity contribution < 1.29 is 22.7 Å². The van der Waals surface area contributed by atoms with Crippen LogP contribution in [0.25, 0.3) is 22.9 Å². The Balaban J connectivity index is 1.52. The lowest BCUT2D eigenvalue weighted by Gasteiger charge is -2.10. The van der Waals surface area contributed by atoms with Gasteiger partial charge in [-0.05, 0) is 73.0 Å². The molecule has 3 aromatic carbocycles. The van der Waals surface area contributed by atoms with Crippen molar-refractivity contribution >= 4 is 21.7 Å². The molecule has 0 aliphatic carbocycles. The molecule has 0 aliphatic heterocycles. The summed E-state index contributed by atoms with van der Waals surface area (Å²) in [5.41, 5.74) is 3.38. The zero-order valence-corrected chi connectivity index (χ0v) is 18.8. The topological polar surface area (TPSA) is 122 Å². The second-order valence-corrected chi connectivity index (χ2v) is 9.11. The molecule has 4 rings (SSSR count). The van der Waals surface area contributed by atoms with Crippen LogP contribution >= 0.6 is 0 Å². The summed E-state index contributed by atoms with van der Waals surface area (Å²) in [5.74, 6) is -0.483. The summed E-state index contributed by atoms with van der Waals surface area (Å²) < 4.78 is 33.6. The highest BCUT2D eigenvalue weighted by molar-refractivity contribution is 7.92. The fourth-order valence-corrected chi connectivity index (χ4v) is 4.32. The van der Waals surface area contributed by atoms with Gasteiger partial charge >= 0.3 is 5.97 Å². The van der Waals surface area contributed by atoms with Gasteiger partial charge in [0.15, 0.2) is 0 Å². The quantitative estimate of drug-likeness (QED) is 0.405. The van der Waals surface area contributed by atoms with E-state index in [0.717, 1.165) is 18.1 Å². The van der Waals surface area contributed by atoms with Gasteiger partial charge in [-0.3, -0.25) is 4.72 Å². The van der Waals surface area contributed by atoms with Crippen LogP contribution in [0.4, 0.5) is 5.69 Å². The first-order valence-corrected chi connectivity index (χ1v) is 11.6. The molecule has 33 heavy (non-hydrogen) atoms. The number of benzene rings is 3. The number of nitrogens with one attached hydrogen (secondary N) is 1. The van der Waals surface area contributed by atoms with Crippen LogP contribution in [-0.2, 0) is 16.4 Å². The van der Waals surface area contributed by atoms with Gasteiger partial charge in [-0.2, -0.15) is 0 Å². The van der Waals surface area contributed by atoms with Crippen molar-refractivity contribution in [3.8, 4) is 22.9 Å². The predicted octanol–water partition coefficient (Wildman–Crippen LogP) is 4.77. The normalized spacial score (nSPS) is 11.3. The number of sulfonamides is 1. The van der Waals surface area contributed by atoms with E-state index in [1.54, 1.807) is 31.2 Å². The van der Waals surface area contributed by atoms with Crippen molar-refractivity contribution in [3.05, 3.63) is 83.4 Å². The fourth-order valence-electron chi connectivity index (χ4n) is 3.23. The molecule has 1 aromatic heterocycles. The Morgan fingerprint density at radius 2 is 1.52 bits per heavy atom. The third-order valence-electron chi connectivity index (χ3n) is 5.17. The number of aromatic carboxylic acids is 1. The number of aromatic nitrogens is 2. The molecular weight excluding hydrogens is 442 g/mol. The first kappa shape index (κ1) is 22.2. The van der Waals surface area contributed by atoms with Crippen molar-refractivity contribution in [1.29, 1.82) is 0 Å². The van der Waals surface area contributed by atoms with Crippen LogP contribution in [0.1, 0.15) is 28.4 Å². The third kappa shape index (κ3) is 4.78. The van der Waals surface area contributed by atoms with Crippen molar-refractivity contribution in [3.63, 3.8) is 0 Å². The van der Waals surface area contributed by atoms with Crippen LogP contribution < -0.4 is 4.72 Å². The zero-order valence-electron chi connectivity index (χ0n) is 17.9. The van der Waals surface area contributed by atoms with Crippen molar-refractivity contribution in [2.75, 3.05) is 4.72 Å². The number of rotatable bonds is 7. The lowest BCUT2D eigenvalue weighted by atomic mass is 10.1. The minimum atomic E-state index is -3.97. The summed E-state index contributed by atoms with van der Waals surface area (Å²) in [6.07, 6.45) is 0.941. The number of aryl methyl sites for hydroxylation is 2. The van der Waals surface area contributed by atoms with Crippen LogP contribution in [0.5, 0.6) is 0 Å². The number of carboxylic acids is 1. The van der Waals surface area contributed by atoms with E-state index in [-0.39, 0.29) is 10.5 Å². The van der Waals surface area contributed by atoms with Gasteiger partial charge in [-0.15, -0.1) is 10.2 Å². The minimum Gasteiger partial charge on any atom is -0.478 e. The molecule has 0 spiro atoms. The van der Waals surface area contributed by atoms with Gasteiger partial charge in [0, 0.05) is 16.8 Å². The standard InChI is InChI=1S/C24H21N3O5S/c1-3-16-5-7-17(8-6-16)22-25-26-23(32-22)18-9-11-19(12-10-18)27-33(30,31)20-13-4-15(2)21(14-20)24(28)29/h4-14,27H,3H2,1-2H3,(H,28,29). The molecule has 0 aliphatic rings. The zero-order chi connectivity index (χ0) is 23.6. The fraction of sp³-hybridized carbons (Fsp3) is 0.125. The van der Waals surface area contributed by atoms with Crippen LogP contribution in [-0.4, -0.2) is 29.7 Å². The summed E-state index contributed by atoms with van der Waals surface area (Å²) in [4.78, 5) is 11.2. The molecule has 0 saturated carbocycles. The average molecular weight is 464 g/mol. The van der Waals surface area contributed by atoms with Gasteiger partial charge in [0.2, 0.25) is 11.8 Å². The SMILES string of the molecule is CCc1ccc(-c2nnc(-c3ccc(NS(=O)(=O)c4ccc(C)c(C(=O)O)c4)cc3)o2)cc1. The maximum atomic E-state index is 12.7. The molecular formula is C24H21N3O5S. The highest BCUT2D eigenvalue weighted by Gasteiger charge is 2.18. The highest BCUT2D eigenvalue weighted by atomic mass is 32.2. The van der Waals surface area contributed by atoms with E-state index < -0.39 is 16.0 Å². The summed E-state index contributed by atoms with van der Waals surface area (Å²) >= 11 is 0. The van der Waals surface area contributed by atoms with E-state index in [0.29, 0.717) is 28.6 Å². The lowest BCUT2D eigenvalue weighted by Crippen LogP contribution is -2.14. The largest absolute Gasteiger partial charge is 0.478 e. The smallest absolute Gasteiger partial charge is 0.335 e. The van der Waals surface area contributed by atoms with Gasteiger partial charge in [0.25, 0.3) is 10.0 Å². The minimum absolute atomic E-state index is 0.0650. The van der Waals surface area contributed by atoms with Gasteiger partial charge in [-0.25, -0.2) is 13.2 Å². The molecule has 0 amide bonds. The molecule has 4 aromatic rings. The number of hydrogen-bond acceptors (Lipinski definition) is 6. The van der Waals surface area contributed by atoms with Crippen LogP contribution in [0.2, 0.25) is 0 Å². The first-order valence-electron chi connectivity index (χ1n) is 10.2. The molecule has 8 nitrogen and oxygen atoms in total. The molecule has 2 N–H and O–H groups in total. The van der Waals surface area contributed by atoms with Gasteiger partial charge in [0.05, 0.1) is 10.5 Å². The molecule has 0 atom stereocenters. The Labute approximate surface area is 191 Å². The lowest BCUT2D eigenvalue weighted by molar-refractivity contribution is 0.0696. The molecule has 9 heteroatoms. The van der Waals surface area contributed by atoms with Crippen molar-refractivity contribution in [2.45, 2.75) is 25.2 Å². The van der Waals surface area contributed by atoms with E-state index >= 15 is 0 Å². The maximum Gasteiger partial charge on any atom is 0.335 e. The van der Waals surface area contributed by atoms with E-state index in [1.807, 2.05) is 24.3 Å². The van der Waals surface area contributed by atoms with Crippen molar-refractivity contribution in [2.24, 2.45) is 0 Å². The number of hydrogen-bond donors (Lipinski definition) is 2. The van der Waals surface area contributed by atoms with Crippen LogP contribution in [0.15, 0.2) is 76.0 Å². The van der Waals surface area contributed by atoms with E-state index in [2.05, 4.69) is 21.8 Å². The monoisotopic (exact) mass is 463 g/mol. The number of carbonyl (C=O) groups is 1. The molecule has 1 heterocycles. The summed E-state index contributed by atoms with van der Waals surface area (Å²) in [6, 6.07) is 18.3. The number of nitrogens with zero attached hydrogens (tertiary/aromatic N) is 2. The average Bonchev–Trinajstić information content (AvgIpc) is 3.29. The Hall–Kier alpha value is -3.98. The van der Waals surface area contributed by atoms with E-state index in [1.165, 1.54) is 17.7 Å². The van der Waals surface area contributed by atoms with Crippen molar-refractivity contribution in [1.82, 2.24) is 10.2 Å². The summed E-state index contributed by atoms with van der Waals surface area (Å²) in [7, 11) is -3.97. The third-order valence-corrected chi connectivity index (χ3v) is 6.55. The molecule has 0 bridgehead atoms. The Kier molecular flexibility index (Phi) is 5.97. The Morgan fingerprint density at radius 1 is 0.939 bits per heavy atom. The molecule has 0 saturated heterocycles. The van der Waals surface area contributed by atoms with E-state index in [9.17, 15) is 18.3 Å². The molecule has 168 valence electrons. The summed E-state index contributed by atoms with van der Waals surface area (Å²) in [5, 5.41) is 17.4. The maximum absolute atomic E-state index is 12.7.